The topological polar surface area (TPSA) is 17.1 Å². The zero-order chi connectivity index (χ0) is 12.8. The van der Waals surface area contributed by atoms with Crippen molar-refractivity contribution in [3.8, 4) is 0 Å². The lowest BCUT2D eigenvalue weighted by Crippen LogP contribution is -2.01. The van der Waals surface area contributed by atoms with E-state index in [0.29, 0.717) is 6.42 Å². The summed E-state index contributed by atoms with van der Waals surface area (Å²) in [6.45, 7) is 0. The van der Waals surface area contributed by atoms with Crippen LogP contribution in [0.15, 0.2) is 59.5 Å². The van der Waals surface area contributed by atoms with Gasteiger partial charge in [0, 0.05) is 16.9 Å². The molecule has 0 fully saturated rings. The molecule has 0 bridgehead atoms. The summed E-state index contributed by atoms with van der Waals surface area (Å²) in [6.07, 6.45) is 3.45. The molecule has 0 aliphatic heterocycles. The molecule has 0 aliphatic rings. The lowest BCUT2D eigenvalue weighted by atomic mass is 10.0. The third kappa shape index (κ3) is 3.23. The SMILES string of the molecule is CSc1ccccc1CCC(=O)c1ccccc1. The summed E-state index contributed by atoms with van der Waals surface area (Å²) >= 11 is 1.73. The average Bonchev–Trinajstić information content (AvgIpc) is 2.46. The predicted molar refractivity (Wildman–Crippen MR) is 77.3 cm³/mol. The van der Waals surface area contributed by atoms with Crippen molar-refractivity contribution in [1.82, 2.24) is 0 Å². The van der Waals surface area contributed by atoms with E-state index in [2.05, 4.69) is 18.4 Å². The maximum atomic E-state index is 12.0. The van der Waals surface area contributed by atoms with Crippen molar-refractivity contribution in [2.45, 2.75) is 17.7 Å². The molecular formula is C16H16OS. The van der Waals surface area contributed by atoms with Crippen LogP contribution in [0, 0.1) is 0 Å². The summed E-state index contributed by atoms with van der Waals surface area (Å²) in [5.74, 6) is 0.214. The molecule has 2 rings (SSSR count). The zero-order valence-electron chi connectivity index (χ0n) is 10.4. The molecule has 0 spiro atoms. The van der Waals surface area contributed by atoms with Gasteiger partial charge in [-0.1, -0.05) is 48.5 Å². The zero-order valence-corrected chi connectivity index (χ0v) is 11.2. The van der Waals surface area contributed by atoms with Gasteiger partial charge in [0.05, 0.1) is 0 Å². The third-order valence-electron chi connectivity index (χ3n) is 2.91. The molecule has 2 heteroatoms. The van der Waals surface area contributed by atoms with Crippen LogP contribution >= 0.6 is 11.8 Å². The second kappa shape index (κ2) is 6.41. The highest BCUT2D eigenvalue weighted by Crippen LogP contribution is 2.21. The van der Waals surface area contributed by atoms with Crippen LogP contribution in [-0.4, -0.2) is 12.0 Å². The van der Waals surface area contributed by atoms with Crippen molar-refractivity contribution in [3.05, 3.63) is 65.7 Å². The van der Waals surface area contributed by atoms with Gasteiger partial charge in [0.2, 0.25) is 0 Å². The fourth-order valence-corrected chi connectivity index (χ4v) is 2.57. The number of aryl methyl sites for hydroxylation is 1. The lowest BCUT2D eigenvalue weighted by Gasteiger charge is -2.06. The van der Waals surface area contributed by atoms with Gasteiger partial charge in [0.15, 0.2) is 5.78 Å². The minimum absolute atomic E-state index is 0.214. The number of benzene rings is 2. The Morgan fingerprint density at radius 3 is 2.39 bits per heavy atom. The molecular weight excluding hydrogens is 240 g/mol. The quantitative estimate of drug-likeness (QED) is 0.588. The maximum Gasteiger partial charge on any atom is 0.163 e. The molecule has 92 valence electrons. The second-order valence-corrected chi connectivity index (χ2v) is 4.95. The second-order valence-electron chi connectivity index (χ2n) is 4.10. The summed E-state index contributed by atoms with van der Waals surface area (Å²) in [4.78, 5) is 13.3. The normalized spacial score (nSPS) is 10.3. The Labute approximate surface area is 112 Å². The minimum atomic E-state index is 0.214. The van der Waals surface area contributed by atoms with Crippen molar-refractivity contribution in [2.24, 2.45) is 0 Å². The van der Waals surface area contributed by atoms with Gasteiger partial charge < -0.3 is 0 Å². The van der Waals surface area contributed by atoms with Gasteiger partial charge >= 0.3 is 0 Å². The summed E-state index contributed by atoms with van der Waals surface area (Å²) in [6, 6.07) is 17.8. The van der Waals surface area contributed by atoms with Gasteiger partial charge in [-0.05, 0) is 24.3 Å². The van der Waals surface area contributed by atoms with E-state index < -0.39 is 0 Å². The number of carbonyl (C=O) groups excluding carboxylic acids is 1. The summed E-state index contributed by atoms with van der Waals surface area (Å²) in [5.41, 5.74) is 2.06. The van der Waals surface area contributed by atoms with E-state index >= 15 is 0 Å². The Morgan fingerprint density at radius 2 is 1.67 bits per heavy atom. The standard InChI is InChI=1S/C16H16OS/c1-18-16-10-6-5-9-14(16)11-12-15(17)13-7-3-2-4-8-13/h2-10H,11-12H2,1H3. The van der Waals surface area contributed by atoms with Gasteiger partial charge in [-0.15, -0.1) is 11.8 Å². The Morgan fingerprint density at radius 1 is 1.00 bits per heavy atom. The Bertz CT molecular complexity index is 520. The van der Waals surface area contributed by atoms with Crippen molar-refractivity contribution in [3.63, 3.8) is 0 Å². The number of Topliss-reactive ketones (excluding diaryl/α,β-unsaturated/α-hetero) is 1. The smallest absolute Gasteiger partial charge is 0.163 e. The highest BCUT2D eigenvalue weighted by atomic mass is 32.2. The van der Waals surface area contributed by atoms with Crippen LogP contribution in [0.2, 0.25) is 0 Å². The lowest BCUT2D eigenvalue weighted by molar-refractivity contribution is 0.0982. The molecule has 0 radical (unpaired) electrons. The van der Waals surface area contributed by atoms with E-state index in [4.69, 9.17) is 0 Å². The fourth-order valence-electron chi connectivity index (χ4n) is 1.93. The Kier molecular flexibility index (Phi) is 4.59. The van der Waals surface area contributed by atoms with Crippen LogP contribution in [0.5, 0.6) is 0 Å². The molecule has 0 aromatic heterocycles. The molecule has 0 saturated heterocycles. The molecule has 0 atom stereocenters. The van der Waals surface area contributed by atoms with Crippen LogP contribution in [0.3, 0.4) is 0 Å². The number of hydrogen-bond acceptors (Lipinski definition) is 2. The molecule has 0 N–H and O–H groups in total. The first-order valence-corrected chi connectivity index (χ1v) is 7.24. The van der Waals surface area contributed by atoms with Crippen LogP contribution < -0.4 is 0 Å². The third-order valence-corrected chi connectivity index (χ3v) is 3.75. The Hall–Kier alpha value is -1.54. The van der Waals surface area contributed by atoms with Crippen LogP contribution in [0.25, 0.3) is 0 Å². The van der Waals surface area contributed by atoms with Crippen molar-refractivity contribution < 1.29 is 4.79 Å². The molecule has 1 nitrogen and oxygen atoms in total. The van der Waals surface area contributed by atoms with E-state index in [1.165, 1.54) is 10.5 Å². The number of ketones is 1. The molecule has 2 aromatic rings. The molecule has 0 heterocycles. The van der Waals surface area contributed by atoms with Crippen molar-refractivity contribution in [2.75, 3.05) is 6.26 Å². The molecule has 0 unspecified atom stereocenters. The monoisotopic (exact) mass is 256 g/mol. The van der Waals surface area contributed by atoms with Gasteiger partial charge in [0.25, 0.3) is 0 Å². The first-order chi connectivity index (χ1) is 8.81. The van der Waals surface area contributed by atoms with E-state index in [0.717, 1.165) is 12.0 Å². The van der Waals surface area contributed by atoms with Crippen molar-refractivity contribution in [1.29, 1.82) is 0 Å². The van der Waals surface area contributed by atoms with Crippen LogP contribution in [0.1, 0.15) is 22.3 Å². The average molecular weight is 256 g/mol. The summed E-state index contributed by atoms with van der Waals surface area (Å²) < 4.78 is 0. The summed E-state index contributed by atoms with van der Waals surface area (Å²) in [7, 11) is 0. The van der Waals surface area contributed by atoms with E-state index in [1.54, 1.807) is 11.8 Å². The highest BCUT2D eigenvalue weighted by molar-refractivity contribution is 7.98. The molecule has 18 heavy (non-hydrogen) atoms. The largest absolute Gasteiger partial charge is 0.294 e. The Balaban J connectivity index is 2.02. The van der Waals surface area contributed by atoms with E-state index in [-0.39, 0.29) is 5.78 Å². The minimum Gasteiger partial charge on any atom is -0.294 e. The number of rotatable bonds is 5. The molecule has 2 aromatic carbocycles. The van der Waals surface area contributed by atoms with E-state index in [9.17, 15) is 4.79 Å². The summed E-state index contributed by atoms with van der Waals surface area (Å²) in [5, 5.41) is 0. The molecule has 0 amide bonds. The number of thioether (sulfide) groups is 1. The predicted octanol–water partition coefficient (Wildman–Crippen LogP) is 4.22. The maximum absolute atomic E-state index is 12.0. The first-order valence-electron chi connectivity index (χ1n) is 6.01. The van der Waals surface area contributed by atoms with Gasteiger partial charge in [-0.2, -0.15) is 0 Å². The first kappa shape index (κ1) is 12.9. The van der Waals surface area contributed by atoms with Gasteiger partial charge in [-0.3, -0.25) is 4.79 Å². The molecule has 0 saturated carbocycles. The van der Waals surface area contributed by atoms with Gasteiger partial charge in [0.1, 0.15) is 0 Å². The van der Waals surface area contributed by atoms with Crippen molar-refractivity contribution >= 4 is 17.5 Å². The molecule has 0 aliphatic carbocycles. The van der Waals surface area contributed by atoms with E-state index in [1.807, 2.05) is 42.5 Å². The number of carbonyl (C=O) groups is 1. The fraction of sp³-hybridized carbons (Fsp3) is 0.188. The van der Waals surface area contributed by atoms with Crippen LogP contribution in [-0.2, 0) is 6.42 Å². The highest BCUT2D eigenvalue weighted by Gasteiger charge is 2.07. The van der Waals surface area contributed by atoms with Gasteiger partial charge in [-0.25, -0.2) is 0 Å². The van der Waals surface area contributed by atoms with Crippen LogP contribution in [0.4, 0.5) is 0 Å². The number of hydrogen-bond donors (Lipinski definition) is 0.